The summed E-state index contributed by atoms with van der Waals surface area (Å²) in [7, 11) is 1.81. The number of primary amides is 1. The van der Waals surface area contributed by atoms with Crippen LogP contribution in [0.2, 0.25) is 0 Å². The molecule has 2 aliphatic rings. The van der Waals surface area contributed by atoms with Crippen LogP contribution >= 0.6 is 0 Å². The largest absolute Gasteiger partial charge is 0.376 e. The smallest absolute Gasteiger partial charge is 0.240 e. The Morgan fingerprint density at radius 2 is 1.89 bits per heavy atom. The number of nitrogens with one attached hydrogen (secondary N) is 1. The summed E-state index contributed by atoms with van der Waals surface area (Å²) in [6.45, 7) is 2.73. The minimum absolute atomic E-state index is 0.267. The molecular formula is C14H26N2O2. The van der Waals surface area contributed by atoms with Gasteiger partial charge in [0, 0.05) is 0 Å². The van der Waals surface area contributed by atoms with Crippen LogP contribution in [0.1, 0.15) is 45.4 Å². The first kappa shape index (κ1) is 13.8. The highest BCUT2D eigenvalue weighted by molar-refractivity contribution is 5.85. The molecule has 2 fully saturated rings. The Morgan fingerprint density at radius 3 is 2.33 bits per heavy atom. The van der Waals surface area contributed by atoms with Gasteiger partial charge in [0.2, 0.25) is 5.91 Å². The Kier molecular flexibility index (Phi) is 4.28. The molecule has 1 unspecified atom stereocenters. The van der Waals surface area contributed by atoms with E-state index in [9.17, 15) is 4.79 Å². The van der Waals surface area contributed by atoms with Crippen LogP contribution in [0.4, 0.5) is 0 Å². The summed E-state index contributed by atoms with van der Waals surface area (Å²) in [6.07, 6.45) is 7.17. The van der Waals surface area contributed by atoms with Crippen molar-refractivity contribution in [3.63, 3.8) is 0 Å². The molecule has 18 heavy (non-hydrogen) atoms. The summed E-state index contributed by atoms with van der Waals surface area (Å²) < 4.78 is 5.99. The Hall–Kier alpha value is -0.610. The van der Waals surface area contributed by atoms with Gasteiger partial charge in [0.1, 0.15) is 5.54 Å². The van der Waals surface area contributed by atoms with Crippen molar-refractivity contribution in [1.29, 1.82) is 0 Å². The summed E-state index contributed by atoms with van der Waals surface area (Å²) in [5.74, 6) is 0.915. The molecule has 0 spiro atoms. The molecule has 1 atom stereocenters. The van der Waals surface area contributed by atoms with Gasteiger partial charge in [-0.2, -0.15) is 0 Å². The van der Waals surface area contributed by atoms with Gasteiger partial charge in [-0.15, -0.1) is 0 Å². The van der Waals surface area contributed by atoms with E-state index in [0.717, 1.165) is 31.6 Å². The molecule has 0 radical (unpaired) electrons. The quantitative estimate of drug-likeness (QED) is 0.754. The predicted molar refractivity (Wildman–Crippen MR) is 71.1 cm³/mol. The van der Waals surface area contributed by atoms with Gasteiger partial charge in [-0.3, -0.25) is 4.79 Å². The molecule has 4 heteroatoms. The minimum atomic E-state index is -0.636. The highest BCUT2D eigenvalue weighted by Crippen LogP contribution is 2.40. The number of ether oxygens (including phenoxy) is 1. The third-order valence-electron chi connectivity index (χ3n) is 4.67. The molecule has 0 bridgehead atoms. The molecule has 2 rings (SSSR count). The molecule has 104 valence electrons. The van der Waals surface area contributed by atoms with E-state index in [4.69, 9.17) is 10.5 Å². The zero-order valence-electron chi connectivity index (χ0n) is 11.6. The third-order valence-corrected chi connectivity index (χ3v) is 4.67. The topological polar surface area (TPSA) is 64.3 Å². The Bertz CT molecular complexity index is 296. The molecule has 0 aliphatic heterocycles. The fourth-order valence-corrected chi connectivity index (χ4v) is 3.01. The first-order chi connectivity index (χ1) is 8.58. The molecule has 0 aromatic rings. The van der Waals surface area contributed by atoms with E-state index in [-0.39, 0.29) is 5.91 Å². The summed E-state index contributed by atoms with van der Waals surface area (Å²) >= 11 is 0. The zero-order chi connectivity index (χ0) is 13.2. The number of likely N-dealkylation sites (N-methyl/N-ethyl adjacent to an activating group) is 1. The third kappa shape index (κ3) is 2.86. The van der Waals surface area contributed by atoms with Crippen molar-refractivity contribution >= 4 is 5.91 Å². The van der Waals surface area contributed by atoms with Gasteiger partial charge in [0.05, 0.1) is 12.7 Å². The number of hydrogen-bond donors (Lipinski definition) is 2. The second-order valence-electron chi connectivity index (χ2n) is 6.05. The average molecular weight is 254 g/mol. The van der Waals surface area contributed by atoms with Crippen LogP contribution in [-0.2, 0) is 9.53 Å². The van der Waals surface area contributed by atoms with Gasteiger partial charge >= 0.3 is 0 Å². The fourth-order valence-electron chi connectivity index (χ4n) is 3.01. The van der Waals surface area contributed by atoms with Gasteiger partial charge in [0.25, 0.3) is 0 Å². The van der Waals surface area contributed by atoms with Crippen molar-refractivity contribution < 1.29 is 9.53 Å². The van der Waals surface area contributed by atoms with E-state index in [1.165, 1.54) is 12.8 Å². The highest BCUT2D eigenvalue weighted by atomic mass is 16.5. The number of rotatable bonds is 6. The van der Waals surface area contributed by atoms with Crippen molar-refractivity contribution in [2.45, 2.75) is 57.1 Å². The van der Waals surface area contributed by atoms with Gasteiger partial charge in [-0.05, 0) is 57.4 Å². The Labute approximate surface area is 110 Å². The lowest BCUT2D eigenvalue weighted by atomic mass is 9.88. The summed E-state index contributed by atoms with van der Waals surface area (Å²) in [5.41, 5.74) is 4.94. The van der Waals surface area contributed by atoms with Crippen LogP contribution in [0.3, 0.4) is 0 Å². The van der Waals surface area contributed by atoms with Crippen LogP contribution in [0.15, 0.2) is 0 Å². The van der Waals surface area contributed by atoms with E-state index in [0.29, 0.717) is 18.6 Å². The molecule has 0 heterocycles. The Morgan fingerprint density at radius 1 is 1.28 bits per heavy atom. The maximum atomic E-state index is 11.7. The minimum Gasteiger partial charge on any atom is -0.376 e. The van der Waals surface area contributed by atoms with Crippen LogP contribution in [0, 0.1) is 11.8 Å². The first-order valence-corrected chi connectivity index (χ1v) is 7.19. The number of nitrogens with two attached hydrogens (primary N) is 1. The van der Waals surface area contributed by atoms with Gasteiger partial charge in [-0.1, -0.05) is 6.92 Å². The van der Waals surface area contributed by atoms with Crippen molar-refractivity contribution in [1.82, 2.24) is 5.32 Å². The summed E-state index contributed by atoms with van der Waals surface area (Å²) in [6, 6.07) is 0. The number of hydrogen-bond acceptors (Lipinski definition) is 3. The average Bonchev–Trinajstić information content (AvgIpc) is 3.17. The van der Waals surface area contributed by atoms with E-state index in [2.05, 4.69) is 12.2 Å². The van der Waals surface area contributed by atoms with Crippen molar-refractivity contribution in [3.8, 4) is 0 Å². The van der Waals surface area contributed by atoms with Crippen LogP contribution in [0.25, 0.3) is 0 Å². The van der Waals surface area contributed by atoms with Crippen molar-refractivity contribution in [3.05, 3.63) is 0 Å². The zero-order valence-corrected chi connectivity index (χ0v) is 11.6. The molecule has 0 aromatic carbocycles. The predicted octanol–water partition coefficient (Wildman–Crippen LogP) is 1.44. The van der Waals surface area contributed by atoms with Crippen LogP contribution in [-0.4, -0.2) is 31.2 Å². The monoisotopic (exact) mass is 254 g/mol. The second-order valence-corrected chi connectivity index (χ2v) is 6.05. The van der Waals surface area contributed by atoms with Gasteiger partial charge in [-0.25, -0.2) is 0 Å². The van der Waals surface area contributed by atoms with E-state index < -0.39 is 5.54 Å². The maximum absolute atomic E-state index is 11.7. The van der Waals surface area contributed by atoms with Gasteiger partial charge < -0.3 is 15.8 Å². The lowest BCUT2D eigenvalue weighted by molar-refractivity contribution is -0.130. The van der Waals surface area contributed by atoms with Crippen molar-refractivity contribution in [2.75, 3.05) is 13.7 Å². The summed E-state index contributed by atoms with van der Waals surface area (Å²) in [5, 5.41) is 3.13. The second kappa shape index (κ2) is 5.57. The SMILES string of the molecule is CNC(COC1CCC(C)CC1)(C(N)=O)C1CC1. The lowest BCUT2D eigenvalue weighted by Gasteiger charge is -2.34. The highest BCUT2D eigenvalue weighted by Gasteiger charge is 2.49. The summed E-state index contributed by atoms with van der Waals surface area (Å²) in [4.78, 5) is 11.7. The van der Waals surface area contributed by atoms with Crippen LogP contribution < -0.4 is 11.1 Å². The number of carbonyl (C=O) groups is 1. The molecular weight excluding hydrogens is 228 g/mol. The maximum Gasteiger partial charge on any atom is 0.240 e. The molecule has 4 nitrogen and oxygen atoms in total. The lowest BCUT2D eigenvalue weighted by Crippen LogP contribution is -2.59. The van der Waals surface area contributed by atoms with Crippen LogP contribution in [0.5, 0.6) is 0 Å². The van der Waals surface area contributed by atoms with E-state index in [1.54, 1.807) is 0 Å². The van der Waals surface area contributed by atoms with Crippen molar-refractivity contribution in [2.24, 2.45) is 17.6 Å². The Balaban J connectivity index is 1.88. The fraction of sp³-hybridized carbons (Fsp3) is 0.929. The van der Waals surface area contributed by atoms with E-state index >= 15 is 0 Å². The standard InChI is InChI=1S/C14H26N2O2/c1-10-3-7-12(8-4-10)18-9-14(16-2,13(15)17)11-5-6-11/h10-12,16H,3-9H2,1-2H3,(H2,15,17). The number of carbonyl (C=O) groups excluding carboxylic acids is 1. The van der Waals surface area contributed by atoms with E-state index in [1.807, 2.05) is 7.05 Å². The molecule has 0 aromatic heterocycles. The molecule has 1 amide bonds. The number of amides is 1. The first-order valence-electron chi connectivity index (χ1n) is 7.19. The molecule has 3 N–H and O–H groups in total. The molecule has 0 saturated heterocycles. The van der Waals surface area contributed by atoms with Gasteiger partial charge in [0.15, 0.2) is 0 Å². The molecule has 2 saturated carbocycles. The molecule has 2 aliphatic carbocycles. The normalized spacial score (nSPS) is 31.9.